The Morgan fingerprint density at radius 2 is 0.710 bits per heavy atom. The first-order chi connectivity index (χ1) is 15.4. The summed E-state index contributed by atoms with van der Waals surface area (Å²) in [6.07, 6.45) is 0. The Hall–Kier alpha value is -3.68. The molecule has 6 aromatic carbocycles. The Kier molecular flexibility index (Phi) is 3.39. The topological polar surface area (TPSA) is 0 Å². The Labute approximate surface area is 182 Å². The van der Waals surface area contributed by atoms with E-state index in [1.54, 1.807) is 0 Å². The molecule has 0 bridgehead atoms. The minimum absolute atomic E-state index is 1.36. The summed E-state index contributed by atoms with van der Waals surface area (Å²) in [5, 5.41) is 14.4. The third kappa shape index (κ3) is 2.04. The summed E-state index contributed by atoms with van der Waals surface area (Å²) >= 11 is 0. The standard InChI is InChI=1S/C30H20Si/c1-3-11-21(12-4-1)31(22-13-5-2-6-14-22)27-19-9-17-25-23-15-7-8-16-24(23)26-18-10-20-28(31)30(26)29(25)27/h1-20H. The van der Waals surface area contributed by atoms with Crippen LogP contribution in [0.1, 0.15) is 0 Å². The number of fused-ring (bicyclic) bond motifs is 3. The Morgan fingerprint density at radius 3 is 1.16 bits per heavy atom. The zero-order chi connectivity index (χ0) is 20.4. The van der Waals surface area contributed by atoms with Crippen molar-refractivity contribution in [2.75, 3.05) is 0 Å². The number of benzene rings is 6. The highest BCUT2D eigenvalue weighted by Crippen LogP contribution is 2.37. The van der Waals surface area contributed by atoms with E-state index in [1.165, 1.54) is 53.1 Å². The van der Waals surface area contributed by atoms with Gasteiger partial charge < -0.3 is 0 Å². The summed E-state index contributed by atoms with van der Waals surface area (Å²) in [5.41, 5.74) is 0. The largest absolute Gasteiger partial charge is 0.180 e. The predicted molar refractivity (Wildman–Crippen MR) is 136 cm³/mol. The van der Waals surface area contributed by atoms with Crippen molar-refractivity contribution < 1.29 is 0 Å². The second-order valence-corrected chi connectivity index (χ2v) is 12.2. The van der Waals surface area contributed by atoms with Crippen molar-refractivity contribution in [1.82, 2.24) is 0 Å². The molecule has 1 aliphatic rings. The average molecular weight is 409 g/mol. The number of hydrogen-bond acceptors (Lipinski definition) is 0. The van der Waals surface area contributed by atoms with Crippen LogP contribution < -0.4 is 20.7 Å². The molecule has 0 aromatic heterocycles. The quantitative estimate of drug-likeness (QED) is 0.284. The smallest absolute Gasteiger partial charge is 0.0623 e. The molecule has 1 aliphatic heterocycles. The highest BCUT2D eigenvalue weighted by Gasteiger charge is 2.47. The van der Waals surface area contributed by atoms with E-state index < -0.39 is 8.07 Å². The van der Waals surface area contributed by atoms with Gasteiger partial charge >= 0.3 is 0 Å². The third-order valence-corrected chi connectivity index (χ3v) is 12.0. The van der Waals surface area contributed by atoms with Crippen molar-refractivity contribution in [3.63, 3.8) is 0 Å². The molecule has 1 heteroatoms. The lowest BCUT2D eigenvalue weighted by atomic mass is 9.95. The molecule has 0 fully saturated rings. The van der Waals surface area contributed by atoms with E-state index in [2.05, 4.69) is 121 Å². The fourth-order valence-corrected chi connectivity index (χ4v) is 11.2. The van der Waals surface area contributed by atoms with Gasteiger partial charge in [0.25, 0.3) is 0 Å². The van der Waals surface area contributed by atoms with Crippen LogP contribution in [-0.4, -0.2) is 8.07 Å². The lowest BCUT2D eigenvalue weighted by molar-refractivity contribution is 1.71. The summed E-state index contributed by atoms with van der Waals surface area (Å²) in [7, 11) is -2.39. The van der Waals surface area contributed by atoms with Gasteiger partial charge in [0.15, 0.2) is 8.07 Å². The average Bonchev–Trinajstić information content (AvgIpc) is 3.17. The minimum Gasteiger partial charge on any atom is -0.0623 e. The van der Waals surface area contributed by atoms with Crippen molar-refractivity contribution in [3.8, 4) is 0 Å². The summed E-state index contributed by atoms with van der Waals surface area (Å²) in [5.74, 6) is 0. The van der Waals surface area contributed by atoms with Crippen molar-refractivity contribution in [2.45, 2.75) is 0 Å². The summed E-state index contributed by atoms with van der Waals surface area (Å²) < 4.78 is 0. The van der Waals surface area contributed by atoms with Gasteiger partial charge in [-0.15, -0.1) is 0 Å². The number of rotatable bonds is 2. The monoisotopic (exact) mass is 408 g/mol. The van der Waals surface area contributed by atoms with Crippen LogP contribution in [0.25, 0.3) is 32.3 Å². The van der Waals surface area contributed by atoms with Crippen LogP contribution in [0.5, 0.6) is 0 Å². The zero-order valence-corrected chi connectivity index (χ0v) is 18.0. The molecule has 0 nitrogen and oxygen atoms in total. The second kappa shape index (κ2) is 6.16. The highest BCUT2D eigenvalue weighted by atomic mass is 28.3. The summed E-state index contributed by atoms with van der Waals surface area (Å²) in [4.78, 5) is 0. The lowest BCUT2D eigenvalue weighted by Gasteiger charge is -2.31. The molecule has 0 N–H and O–H groups in total. The Morgan fingerprint density at radius 1 is 0.323 bits per heavy atom. The van der Waals surface area contributed by atoms with E-state index in [9.17, 15) is 0 Å². The van der Waals surface area contributed by atoms with Crippen LogP contribution in [0.4, 0.5) is 0 Å². The van der Waals surface area contributed by atoms with Crippen LogP contribution in [-0.2, 0) is 0 Å². The van der Waals surface area contributed by atoms with Crippen LogP contribution in [0, 0.1) is 0 Å². The fourth-order valence-electron chi connectivity index (χ4n) is 5.98. The van der Waals surface area contributed by atoms with Crippen LogP contribution in [0.15, 0.2) is 121 Å². The molecule has 1 heterocycles. The summed E-state index contributed by atoms with van der Waals surface area (Å²) in [6.45, 7) is 0. The first kappa shape index (κ1) is 17.0. The molecule has 0 saturated carbocycles. The normalized spacial score (nSPS) is 14.1. The molecule has 144 valence electrons. The molecule has 0 amide bonds. The lowest BCUT2D eigenvalue weighted by Crippen LogP contribution is -2.73. The van der Waals surface area contributed by atoms with Gasteiger partial charge in [-0.2, -0.15) is 0 Å². The maximum atomic E-state index is 2.41. The van der Waals surface area contributed by atoms with Crippen molar-refractivity contribution in [1.29, 1.82) is 0 Å². The second-order valence-electron chi connectivity index (χ2n) is 8.48. The summed E-state index contributed by atoms with van der Waals surface area (Å²) in [6, 6.07) is 45.4. The van der Waals surface area contributed by atoms with Crippen molar-refractivity contribution in [3.05, 3.63) is 121 Å². The molecule has 7 rings (SSSR count). The third-order valence-electron chi connectivity index (χ3n) is 7.11. The van der Waals surface area contributed by atoms with E-state index in [0.29, 0.717) is 0 Å². The molecular formula is C30H20Si. The minimum atomic E-state index is -2.39. The molecule has 31 heavy (non-hydrogen) atoms. The molecular weight excluding hydrogens is 388 g/mol. The Bertz CT molecular complexity index is 1490. The van der Waals surface area contributed by atoms with Crippen molar-refractivity contribution >= 4 is 61.1 Å². The van der Waals surface area contributed by atoms with Gasteiger partial charge in [-0.1, -0.05) is 121 Å². The van der Waals surface area contributed by atoms with E-state index >= 15 is 0 Å². The van der Waals surface area contributed by atoms with Gasteiger partial charge in [-0.25, -0.2) is 0 Å². The van der Waals surface area contributed by atoms with Crippen LogP contribution in [0.3, 0.4) is 0 Å². The van der Waals surface area contributed by atoms with Gasteiger partial charge in [-0.3, -0.25) is 0 Å². The molecule has 0 radical (unpaired) electrons. The first-order valence-electron chi connectivity index (χ1n) is 10.9. The van der Waals surface area contributed by atoms with E-state index in [4.69, 9.17) is 0 Å². The SMILES string of the molecule is c1ccc([Si]2(c3ccccc3)c3cccc4c5ccccc5c5cccc2c5c34)cc1. The zero-order valence-electron chi connectivity index (χ0n) is 17.0. The van der Waals surface area contributed by atoms with Gasteiger partial charge in [0.2, 0.25) is 0 Å². The molecule has 0 unspecified atom stereocenters. The molecule has 6 aromatic rings. The molecule has 0 saturated heterocycles. The van der Waals surface area contributed by atoms with E-state index in [1.807, 2.05) is 0 Å². The van der Waals surface area contributed by atoms with E-state index in [-0.39, 0.29) is 0 Å². The maximum Gasteiger partial charge on any atom is 0.180 e. The van der Waals surface area contributed by atoms with Crippen LogP contribution >= 0.6 is 0 Å². The fraction of sp³-hybridized carbons (Fsp3) is 0. The Balaban J connectivity index is 1.80. The van der Waals surface area contributed by atoms with Gasteiger partial charge in [0, 0.05) is 0 Å². The molecule has 0 aliphatic carbocycles. The maximum absolute atomic E-state index is 2.41. The van der Waals surface area contributed by atoms with E-state index in [0.717, 1.165) is 0 Å². The molecule has 0 spiro atoms. The molecule has 0 atom stereocenters. The van der Waals surface area contributed by atoms with Gasteiger partial charge in [0.1, 0.15) is 0 Å². The van der Waals surface area contributed by atoms with Crippen LogP contribution in [0.2, 0.25) is 0 Å². The number of hydrogen-bond donors (Lipinski definition) is 0. The predicted octanol–water partition coefficient (Wildman–Crippen LogP) is 4.84. The highest BCUT2D eigenvalue weighted by molar-refractivity contribution is 7.23. The van der Waals surface area contributed by atoms with Gasteiger partial charge in [-0.05, 0) is 53.1 Å². The van der Waals surface area contributed by atoms with Gasteiger partial charge in [0.05, 0.1) is 0 Å². The first-order valence-corrected chi connectivity index (χ1v) is 12.9. The van der Waals surface area contributed by atoms with Crippen molar-refractivity contribution in [2.24, 2.45) is 0 Å².